The number of nitrogens with zero attached hydrogens (tertiary/aromatic N) is 2. The van der Waals surface area contributed by atoms with Crippen LogP contribution in [-0.4, -0.2) is 41.6 Å². The molecule has 0 unspecified atom stereocenters. The summed E-state index contributed by atoms with van der Waals surface area (Å²) in [5, 5.41) is 0.493. The lowest BCUT2D eigenvalue weighted by Gasteiger charge is -2.33. The summed E-state index contributed by atoms with van der Waals surface area (Å²) in [6, 6.07) is 9.69. The molecule has 1 amide bonds. The molecule has 1 aromatic carbocycles. The summed E-state index contributed by atoms with van der Waals surface area (Å²) in [4.78, 5) is 18.2. The molecule has 4 nitrogen and oxygen atoms in total. The van der Waals surface area contributed by atoms with Crippen molar-refractivity contribution in [3.05, 3.63) is 64.7 Å². The number of benzene rings is 1. The zero-order valence-electron chi connectivity index (χ0n) is 12.4. The summed E-state index contributed by atoms with van der Waals surface area (Å²) in [7, 11) is 0. The molecule has 1 aliphatic heterocycles. The van der Waals surface area contributed by atoms with E-state index in [4.69, 9.17) is 16.3 Å². The summed E-state index contributed by atoms with van der Waals surface area (Å²) in [5.41, 5.74) is 1.22. The molecule has 3 rings (SSSR count). The van der Waals surface area contributed by atoms with Crippen LogP contribution in [-0.2, 0) is 11.2 Å². The fraction of sp³-hybridized carbons (Fsp3) is 0.294. The largest absolute Gasteiger partial charge is 0.374 e. The van der Waals surface area contributed by atoms with Gasteiger partial charge in [0.15, 0.2) is 0 Å². The normalized spacial score (nSPS) is 18.0. The van der Waals surface area contributed by atoms with E-state index in [-0.39, 0.29) is 17.8 Å². The number of carbonyl (C=O) groups excluding carboxylic acids is 1. The molecule has 0 radical (unpaired) electrons. The zero-order valence-corrected chi connectivity index (χ0v) is 13.2. The number of halogens is 2. The Morgan fingerprint density at radius 2 is 2.26 bits per heavy atom. The van der Waals surface area contributed by atoms with Crippen LogP contribution in [0, 0.1) is 5.82 Å². The minimum Gasteiger partial charge on any atom is -0.374 e. The van der Waals surface area contributed by atoms with Gasteiger partial charge < -0.3 is 9.64 Å². The first-order valence-electron chi connectivity index (χ1n) is 7.39. The molecule has 2 aromatic rings. The number of carbonyl (C=O) groups is 1. The monoisotopic (exact) mass is 334 g/mol. The van der Waals surface area contributed by atoms with Crippen LogP contribution in [0.5, 0.6) is 0 Å². The van der Waals surface area contributed by atoms with E-state index < -0.39 is 0 Å². The van der Waals surface area contributed by atoms with Crippen molar-refractivity contribution < 1.29 is 13.9 Å². The Balaban J connectivity index is 1.66. The SMILES string of the molecule is O=C(c1ccc(Cl)cn1)N1CCO[C@@H](Cc2cccc(F)c2)C1. The van der Waals surface area contributed by atoms with E-state index >= 15 is 0 Å². The number of amides is 1. The molecule has 0 N–H and O–H groups in total. The number of morpholine rings is 1. The lowest BCUT2D eigenvalue weighted by atomic mass is 10.1. The summed E-state index contributed by atoms with van der Waals surface area (Å²) in [6.45, 7) is 1.43. The van der Waals surface area contributed by atoms with Gasteiger partial charge in [-0.25, -0.2) is 9.37 Å². The first kappa shape index (κ1) is 15.9. The molecule has 0 saturated carbocycles. The maximum absolute atomic E-state index is 13.3. The van der Waals surface area contributed by atoms with Gasteiger partial charge in [-0.05, 0) is 29.8 Å². The van der Waals surface area contributed by atoms with Gasteiger partial charge in [-0.2, -0.15) is 0 Å². The van der Waals surface area contributed by atoms with Crippen molar-refractivity contribution in [3.8, 4) is 0 Å². The standard InChI is InChI=1S/C17H16ClFN2O2/c18-13-4-5-16(20-10-13)17(22)21-6-7-23-15(11-21)9-12-2-1-3-14(19)8-12/h1-5,8,10,15H,6-7,9,11H2/t15-/m0/s1. The Bertz CT molecular complexity index is 693. The summed E-state index contributed by atoms with van der Waals surface area (Å²) in [6.07, 6.45) is 1.87. The lowest BCUT2D eigenvalue weighted by molar-refractivity contribution is -0.0210. The number of ether oxygens (including phenoxy) is 1. The van der Waals surface area contributed by atoms with Crippen molar-refractivity contribution in [1.82, 2.24) is 9.88 Å². The lowest BCUT2D eigenvalue weighted by Crippen LogP contribution is -2.46. The van der Waals surface area contributed by atoms with Crippen molar-refractivity contribution in [2.45, 2.75) is 12.5 Å². The molecule has 0 bridgehead atoms. The average Bonchev–Trinajstić information content (AvgIpc) is 2.55. The maximum Gasteiger partial charge on any atom is 0.272 e. The fourth-order valence-corrected chi connectivity index (χ4v) is 2.73. The molecular formula is C17H16ClFN2O2. The van der Waals surface area contributed by atoms with Crippen molar-refractivity contribution in [3.63, 3.8) is 0 Å². The fourth-order valence-electron chi connectivity index (χ4n) is 2.62. The number of rotatable bonds is 3. The van der Waals surface area contributed by atoms with Gasteiger partial charge in [0.1, 0.15) is 11.5 Å². The molecule has 1 aliphatic rings. The van der Waals surface area contributed by atoms with Crippen LogP contribution < -0.4 is 0 Å². The van der Waals surface area contributed by atoms with Crippen LogP contribution >= 0.6 is 11.6 Å². The van der Waals surface area contributed by atoms with Crippen molar-refractivity contribution in [2.24, 2.45) is 0 Å². The second-order valence-electron chi connectivity index (χ2n) is 5.44. The molecule has 1 saturated heterocycles. The molecule has 0 aliphatic carbocycles. The van der Waals surface area contributed by atoms with E-state index in [2.05, 4.69) is 4.98 Å². The van der Waals surface area contributed by atoms with E-state index in [1.165, 1.54) is 18.3 Å². The van der Waals surface area contributed by atoms with Crippen molar-refractivity contribution >= 4 is 17.5 Å². The molecule has 23 heavy (non-hydrogen) atoms. The minimum absolute atomic E-state index is 0.144. The summed E-state index contributed by atoms with van der Waals surface area (Å²) < 4.78 is 19.0. The van der Waals surface area contributed by atoms with Gasteiger partial charge in [0.05, 0.1) is 17.7 Å². The van der Waals surface area contributed by atoms with Crippen LogP contribution in [0.4, 0.5) is 4.39 Å². The molecule has 6 heteroatoms. The van der Waals surface area contributed by atoms with Crippen LogP contribution in [0.2, 0.25) is 5.02 Å². The van der Waals surface area contributed by atoms with E-state index in [0.717, 1.165) is 5.56 Å². The second kappa shape index (κ2) is 7.06. The van der Waals surface area contributed by atoms with E-state index in [0.29, 0.717) is 36.8 Å². The molecule has 1 fully saturated rings. The Labute approximate surface area is 138 Å². The molecule has 0 spiro atoms. The Morgan fingerprint density at radius 1 is 1.39 bits per heavy atom. The molecular weight excluding hydrogens is 319 g/mol. The van der Waals surface area contributed by atoms with Gasteiger partial charge >= 0.3 is 0 Å². The second-order valence-corrected chi connectivity index (χ2v) is 5.88. The number of hydrogen-bond acceptors (Lipinski definition) is 3. The highest BCUT2D eigenvalue weighted by atomic mass is 35.5. The van der Waals surface area contributed by atoms with Gasteiger partial charge in [-0.3, -0.25) is 4.79 Å². The van der Waals surface area contributed by atoms with E-state index in [1.807, 2.05) is 6.07 Å². The Kier molecular flexibility index (Phi) is 4.88. The highest BCUT2D eigenvalue weighted by Gasteiger charge is 2.25. The van der Waals surface area contributed by atoms with Gasteiger partial charge in [0.2, 0.25) is 0 Å². The average molecular weight is 335 g/mol. The third-order valence-electron chi connectivity index (χ3n) is 3.72. The maximum atomic E-state index is 13.3. The van der Waals surface area contributed by atoms with E-state index in [1.54, 1.807) is 23.1 Å². The third-order valence-corrected chi connectivity index (χ3v) is 3.95. The summed E-state index contributed by atoms with van der Waals surface area (Å²) >= 11 is 5.79. The van der Waals surface area contributed by atoms with Gasteiger partial charge in [0, 0.05) is 25.7 Å². The highest BCUT2D eigenvalue weighted by molar-refractivity contribution is 6.30. The Morgan fingerprint density at radius 3 is 3.00 bits per heavy atom. The number of hydrogen-bond donors (Lipinski definition) is 0. The number of pyridine rings is 1. The smallest absolute Gasteiger partial charge is 0.272 e. The molecule has 2 heterocycles. The zero-order chi connectivity index (χ0) is 16.2. The Hall–Kier alpha value is -1.98. The van der Waals surface area contributed by atoms with Crippen LogP contribution in [0.25, 0.3) is 0 Å². The first-order chi connectivity index (χ1) is 11.1. The predicted octanol–water partition coefficient (Wildman–Crippen LogP) is 2.96. The minimum atomic E-state index is -0.267. The topological polar surface area (TPSA) is 42.4 Å². The van der Waals surface area contributed by atoms with Crippen LogP contribution in [0.1, 0.15) is 16.1 Å². The highest BCUT2D eigenvalue weighted by Crippen LogP contribution is 2.15. The molecule has 1 atom stereocenters. The first-order valence-corrected chi connectivity index (χ1v) is 7.76. The molecule has 1 aromatic heterocycles. The third kappa shape index (κ3) is 4.06. The van der Waals surface area contributed by atoms with Gasteiger partial charge in [0.25, 0.3) is 5.91 Å². The number of aromatic nitrogens is 1. The van der Waals surface area contributed by atoms with Crippen molar-refractivity contribution in [1.29, 1.82) is 0 Å². The van der Waals surface area contributed by atoms with E-state index in [9.17, 15) is 9.18 Å². The summed E-state index contributed by atoms with van der Waals surface area (Å²) in [5.74, 6) is -0.411. The predicted molar refractivity (Wildman–Crippen MR) is 85.0 cm³/mol. The van der Waals surface area contributed by atoms with Gasteiger partial charge in [-0.1, -0.05) is 23.7 Å². The van der Waals surface area contributed by atoms with Gasteiger partial charge in [-0.15, -0.1) is 0 Å². The molecule has 120 valence electrons. The van der Waals surface area contributed by atoms with Crippen LogP contribution in [0.3, 0.4) is 0 Å². The van der Waals surface area contributed by atoms with Crippen LogP contribution in [0.15, 0.2) is 42.6 Å². The van der Waals surface area contributed by atoms with Crippen molar-refractivity contribution in [2.75, 3.05) is 19.7 Å². The quantitative estimate of drug-likeness (QED) is 0.866.